The molecular formula is C12H5N5O2S. The highest BCUT2D eigenvalue weighted by Gasteiger charge is 2.20. The number of nitrogens with zero attached hydrogens (tertiary/aromatic N) is 5. The Morgan fingerprint density at radius 1 is 1.05 bits per heavy atom. The van der Waals surface area contributed by atoms with E-state index in [4.69, 9.17) is 4.42 Å². The fourth-order valence-corrected chi connectivity index (χ4v) is 2.46. The molecule has 0 radical (unpaired) electrons. The Kier molecular flexibility index (Phi) is 2.30. The van der Waals surface area contributed by atoms with Gasteiger partial charge in [-0.3, -0.25) is 0 Å². The minimum absolute atomic E-state index is 0.302. The summed E-state index contributed by atoms with van der Waals surface area (Å²) in [5.41, 5.74) is 1.13. The first-order chi connectivity index (χ1) is 9.83. The molecule has 2 aromatic rings. The van der Waals surface area contributed by atoms with Gasteiger partial charge in [-0.05, 0) is 17.3 Å². The maximum Gasteiger partial charge on any atom is 0.345 e. The molecule has 0 bridgehead atoms. The molecule has 7 nitrogen and oxygen atoms in total. The summed E-state index contributed by atoms with van der Waals surface area (Å²) < 4.78 is 9.14. The highest BCUT2D eigenvalue weighted by Crippen LogP contribution is 2.28. The van der Waals surface area contributed by atoms with Gasteiger partial charge in [0.05, 0.1) is 5.56 Å². The standard InChI is InChI=1S/C12H5N5O2S/c18-12-7(5-6-3-1-2-4-8(6)19-12)9-10-11(15-16-13-10)20-17-14-9/h1-5H. The smallest absolute Gasteiger partial charge is 0.345 e. The van der Waals surface area contributed by atoms with Crippen molar-refractivity contribution in [1.29, 1.82) is 0 Å². The van der Waals surface area contributed by atoms with Crippen LogP contribution in [-0.4, -0.2) is 25.0 Å². The van der Waals surface area contributed by atoms with E-state index in [2.05, 4.69) is 25.0 Å². The van der Waals surface area contributed by atoms with Crippen molar-refractivity contribution in [3.05, 3.63) is 40.8 Å². The zero-order chi connectivity index (χ0) is 13.5. The molecular weight excluding hydrogens is 278 g/mol. The van der Waals surface area contributed by atoms with Gasteiger partial charge < -0.3 is 4.42 Å². The SMILES string of the molecule is O=c1oc2ccccc2cc1-c1nnsc2nnnc1-2. The average molecular weight is 283 g/mol. The van der Waals surface area contributed by atoms with Crippen molar-refractivity contribution in [3.8, 4) is 22.0 Å². The minimum Gasteiger partial charge on any atom is -0.422 e. The summed E-state index contributed by atoms with van der Waals surface area (Å²) in [4.78, 5) is 12.1. The second-order valence-electron chi connectivity index (χ2n) is 4.05. The molecule has 8 heteroatoms. The van der Waals surface area contributed by atoms with E-state index < -0.39 is 5.63 Å². The normalized spacial score (nSPS) is 11.2. The van der Waals surface area contributed by atoms with Crippen LogP contribution in [0.5, 0.6) is 0 Å². The zero-order valence-electron chi connectivity index (χ0n) is 9.85. The van der Waals surface area contributed by atoms with Gasteiger partial charge in [-0.25, -0.2) is 4.79 Å². The van der Waals surface area contributed by atoms with Gasteiger partial charge in [0.1, 0.15) is 11.3 Å². The van der Waals surface area contributed by atoms with E-state index in [1.165, 1.54) is 0 Å². The summed E-state index contributed by atoms with van der Waals surface area (Å²) in [7, 11) is 0. The van der Waals surface area contributed by atoms with Gasteiger partial charge in [0.15, 0.2) is 10.7 Å². The van der Waals surface area contributed by atoms with Crippen molar-refractivity contribution in [3.63, 3.8) is 0 Å². The van der Waals surface area contributed by atoms with Crippen LogP contribution in [0.3, 0.4) is 0 Å². The van der Waals surface area contributed by atoms with Crippen LogP contribution in [0, 0.1) is 0 Å². The summed E-state index contributed by atoms with van der Waals surface area (Å²) >= 11 is 1.07. The van der Waals surface area contributed by atoms with Crippen molar-refractivity contribution in [2.75, 3.05) is 0 Å². The third-order valence-electron chi connectivity index (χ3n) is 2.87. The zero-order valence-corrected chi connectivity index (χ0v) is 10.7. The van der Waals surface area contributed by atoms with Gasteiger partial charge >= 0.3 is 5.63 Å². The van der Waals surface area contributed by atoms with Crippen molar-refractivity contribution in [2.45, 2.75) is 0 Å². The molecule has 2 aliphatic rings. The lowest BCUT2D eigenvalue weighted by Gasteiger charge is -2.02. The summed E-state index contributed by atoms with van der Waals surface area (Å²) in [5.74, 6) is 0. The highest BCUT2D eigenvalue weighted by molar-refractivity contribution is 7.08. The number of hydrogen-bond donors (Lipinski definition) is 0. The van der Waals surface area contributed by atoms with E-state index in [-0.39, 0.29) is 0 Å². The first-order valence-corrected chi connectivity index (χ1v) is 6.45. The van der Waals surface area contributed by atoms with Crippen LogP contribution in [0.4, 0.5) is 0 Å². The summed E-state index contributed by atoms with van der Waals surface area (Å²) in [6, 6.07) is 8.97. The van der Waals surface area contributed by atoms with Crippen molar-refractivity contribution < 1.29 is 4.42 Å². The molecule has 0 aliphatic carbocycles. The summed E-state index contributed by atoms with van der Waals surface area (Å²) in [6.45, 7) is 0. The Labute approximate surface area is 115 Å². The van der Waals surface area contributed by atoms with Crippen LogP contribution in [0.15, 0.2) is 39.5 Å². The third kappa shape index (κ3) is 1.58. The monoisotopic (exact) mass is 283 g/mol. The van der Waals surface area contributed by atoms with E-state index in [0.717, 1.165) is 16.9 Å². The van der Waals surface area contributed by atoms with Crippen LogP contribution in [-0.2, 0) is 0 Å². The fourth-order valence-electron chi connectivity index (χ4n) is 1.96. The number of rotatable bonds is 1. The molecule has 4 rings (SSSR count). The molecule has 0 saturated heterocycles. The van der Waals surface area contributed by atoms with Gasteiger partial charge in [0, 0.05) is 16.9 Å². The largest absolute Gasteiger partial charge is 0.422 e. The van der Waals surface area contributed by atoms with Crippen LogP contribution in [0.25, 0.3) is 32.9 Å². The lowest BCUT2D eigenvalue weighted by molar-refractivity contribution is 0.563. The first-order valence-electron chi connectivity index (χ1n) is 5.67. The molecule has 1 aromatic carbocycles. The molecule has 0 N–H and O–H groups in total. The van der Waals surface area contributed by atoms with Gasteiger partial charge in [0.25, 0.3) is 0 Å². The minimum atomic E-state index is -0.488. The Morgan fingerprint density at radius 2 is 1.95 bits per heavy atom. The Bertz CT molecular complexity index is 948. The van der Waals surface area contributed by atoms with Gasteiger partial charge in [-0.2, -0.15) is 0 Å². The molecule has 20 heavy (non-hydrogen) atoms. The molecule has 2 aliphatic heterocycles. The maximum absolute atomic E-state index is 12.1. The predicted molar refractivity (Wildman–Crippen MR) is 71.4 cm³/mol. The molecule has 0 atom stereocenters. The Balaban J connectivity index is 2.05. The Hall–Kier alpha value is -2.74. The molecule has 3 heterocycles. The quantitative estimate of drug-likeness (QED) is 0.489. The topological polar surface area (TPSA) is 94.7 Å². The Morgan fingerprint density at radius 3 is 2.90 bits per heavy atom. The molecule has 0 spiro atoms. The maximum atomic E-state index is 12.1. The number of para-hydroxylation sites is 1. The second kappa shape index (κ2) is 4.14. The van der Waals surface area contributed by atoms with Crippen LogP contribution < -0.4 is 5.63 Å². The van der Waals surface area contributed by atoms with Gasteiger partial charge in [-0.15, -0.1) is 15.3 Å². The van der Waals surface area contributed by atoms with E-state index in [9.17, 15) is 4.79 Å². The van der Waals surface area contributed by atoms with Crippen LogP contribution >= 0.6 is 11.5 Å². The van der Waals surface area contributed by atoms with Crippen LogP contribution in [0.2, 0.25) is 0 Å². The molecule has 0 unspecified atom stereocenters. The highest BCUT2D eigenvalue weighted by atomic mass is 32.1. The van der Waals surface area contributed by atoms with Crippen molar-refractivity contribution >= 4 is 22.5 Å². The number of aromatic nitrogens is 5. The lowest BCUT2D eigenvalue weighted by atomic mass is 10.1. The fraction of sp³-hybridized carbons (Fsp3) is 0. The van der Waals surface area contributed by atoms with Gasteiger partial charge in [-0.1, -0.05) is 22.7 Å². The third-order valence-corrected chi connectivity index (χ3v) is 3.48. The van der Waals surface area contributed by atoms with Crippen molar-refractivity contribution in [1.82, 2.24) is 25.0 Å². The van der Waals surface area contributed by atoms with E-state index in [0.29, 0.717) is 27.5 Å². The lowest BCUT2D eigenvalue weighted by Crippen LogP contribution is -2.05. The van der Waals surface area contributed by atoms with Crippen molar-refractivity contribution in [2.24, 2.45) is 0 Å². The number of fused-ring (bicyclic) bond motifs is 2. The number of benzene rings is 1. The van der Waals surface area contributed by atoms with Gasteiger partial charge in [0.2, 0.25) is 0 Å². The number of hydrogen-bond acceptors (Lipinski definition) is 8. The average Bonchev–Trinajstić information content (AvgIpc) is 2.95. The molecule has 1 aromatic heterocycles. The molecule has 0 saturated carbocycles. The summed E-state index contributed by atoms with van der Waals surface area (Å²) in [5, 5.41) is 16.6. The summed E-state index contributed by atoms with van der Waals surface area (Å²) in [6.07, 6.45) is 0. The molecule has 0 fully saturated rings. The van der Waals surface area contributed by atoms with E-state index >= 15 is 0 Å². The predicted octanol–water partition coefficient (Wildman–Crippen LogP) is 1.60. The second-order valence-corrected chi connectivity index (χ2v) is 4.78. The van der Waals surface area contributed by atoms with E-state index in [1.54, 1.807) is 18.2 Å². The molecule has 96 valence electrons. The first kappa shape index (κ1) is 11.1. The van der Waals surface area contributed by atoms with Crippen LogP contribution in [0.1, 0.15) is 0 Å². The van der Waals surface area contributed by atoms with E-state index in [1.807, 2.05) is 12.1 Å². The molecule has 0 amide bonds.